The number of nitrogens with one attached hydrogen (secondary N) is 1. The van der Waals surface area contributed by atoms with E-state index < -0.39 is 65.8 Å². The Balaban J connectivity index is 1.31. The first-order valence-corrected chi connectivity index (χ1v) is 17.6. The van der Waals surface area contributed by atoms with E-state index >= 15 is 4.79 Å². The van der Waals surface area contributed by atoms with Crippen LogP contribution < -0.4 is 15.8 Å². The molecule has 0 spiro atoms. The maximum absolute atomic E-state index is 15.2. The first kappa shape index (κ1) is 33.1. The highest BCUT2D eigenvalue weighted by molar-refractivity contribution is 9.10. The average Bonchev–Trinajstić information content (AvgIpc) is 3.51. The molecule has 2 aliphatic heterocycles. The summed E-state index contributed by atoms with van der Waals surface area (Å²) in [6.07, 6.45) is 2.23. The summed E-state index contributed by atoms with van der Waals surface area (Å²) in [5, 5.41) is 32.2. The van der Waals surface area contributed by atoms with E-state index in [1.807, 2.05) is 55.5 Å². The number of benzene rings is 4. The van der Waals surface area contributed by atoms with Crippen molar-refractivity contribution in [3.8, 4) is 5.75 Å². The quantitative estimate of drug-likeness (QED) is 0.130. The lowest BCUT2D eigenvalue weighted by Gasteiger charge is -2.50. The van der Waals surface area contributed by atoms with Crippen LogP contribution in [-0.2, 0) is 24.6 Å². The first-order chi connectivity index (χ1) is 24.5. The lowest BCUT2D eigenvalue weighted by Crippen LogP contribution is -2.53. The summed E-state index contributed by atoms with van der Waals surface area (Å²) >= 11 is 3.55. The van der Waals surface area contributed by atoms with E-state index in [4.69, 9.17) is 0 Å². The predicted octanol–water partition coefficient (Wildman–Crippen LogP) is 4.33. The van der Waals surface area contributed by atoms with Crippen molar-refractivity contribution in [2.45, 2.75) is 31.1 Å². The number of halogens is 1. The largest absolute Gasteiger partial charge is 0.508 e. The number of imide groups is 2. The lowest BCUT2D eigenvalue weighted by atomic mass is 9.49. The van der Waals surface area contributed by atoms with Gasteiger partial charge in [-0.2, -0.15) is 5.01 Å². The Morgan fingerprint density at radius 1 is 0.843 bits per heavy atom. The molecule has 6 unspecified atom stereocenters. The molecule has 2 heterocycles. The van der Waals surface area contributed by atoms with E-state index in [-0.39, 0.29) is 29.7 Å². The molecule has 256 valence electrons. The molecule has 3 fully saturated rings. The van der Waals surface area contributed by atoms with Crippen LogP contribution in [0, 0.1) is 30.6 Å². The van der Waals surface area contributed by atoms with Crippen molar-refractivity contribution >= 4 is 63.5 Å². The number of allylic oxidation sites excluding steroid dienone is 2. The standard InChI is InChI=1S/C39H33BBrN3O7/c1-21-10-13-25(14-11-21)42-44-36(47)31-20-29-27(15-16-28-33(29)37(48)43(35(28)46)26-9-5-8-23(18-26)40(50)51)34(30-19-24(41)12-17-32(30)45)39(31,38(44)49)22-6-3-2-4-7-22/h2-15,17-19,28-29,31,33-34,42,45,50-51H,16,20H2,1H3. The smallest absolute Gasteiger partial charge is 0.488 e. The molecular weight excluding hydrogens is 713 g/mol. The zero-order chi connectivity index (χ0) is 35.8. The monoisotopic (exact) mass is 745 g/mol. The summed E-state index contributed by atoms with van der Waals surface area (Å²) in [5.41, 5.74) is 5.21. The molecule has 4 aromatic carbocycles. The van der Waals surface area contributed by atoms with Crippen LogP contribution in [0.1, 0.15) is 35.4 Å². The van der Waals surface area contributed by atoms with Crippen LogP contribution in [0.25, 0.3) is 0 Å². The van der Waals surface area contributed by atoms with Gasteiger partial charge in [-0.3, -0.25) is 29.5 Å². The molecule has 4 amide bonds. The number of phenols is 1. The van der Waals surface area contributed by atoms with Crippen LogP contribution in [-0.4, -0.2) is 50.9 Å². The minimum atomic E-state index is -1.79. The Kier molecular flexibility index (Phi) is 8.01. The minimum absolute atomic E-state index is 0.0686. The van der Waals surface area contributed by atoms with Gasteiger partial charge in [0, 0.05) is 16.0 Å². The third kappa shape index (κ3) is 4.99. The molecule has 51 heavy (non-hydrogen) atoms. The van der Waals surface area contributed by atoms with Gasteiger partial charge in [0.2, 0.25) is 11.8 Å². The van der Waals surface area contributed by atoms with Gasteiger partial charge in [0.25, 0.3) is 11.8 Å². The summed E-state index contributed by atoms with van der Waals surface area (Å²) in [7, 11) is -1.79. The summed E-state index contributed by atoms with van der Waals surface area (Å²) < 4.78 is 0.655. The maximum atomic E-state index is 15.2. The molecule has 0 bridgehead atoms. The van der Waals surface area contributed by atoms with Crippen molar-refractivity contribution in [2.24, 2.45) is 23.7 Å². The summed E-state index contributed by atoms with van der Waals surface area (Å²) in [5.74, 6) is -5.96. The molecule has 6 atom stereocenters. The second-order valence-corrected chi connectivity index (χ2v) is 14.7. The van der Waals surface area contributed by atoms with Crippen LogP contribution in [0.3, 0.4) is 0 Å². The van der Waals surface area contributed by atoms with E-state index in [2.05, 4.69) is 21.4 Å². The Morgan fingerprint density at radius 2 is 1.59 bits per heavy atom. The third-order valence-corrected chi connectivity index (χ3v) is 11.6. The van der Waals surface area contributed by atoms with Crippen molar-refractivity contribution in [1.29, 1.82) is 0 Å². The predicted molar refractivity (Wildman–Crippen MR) is 193 cm³/mol. The van der Waals surface area contributed by atoms with Gasteiger partial charge in [0.15, 0.2) is 0 Å². The van der Waals surface area contributed by atoms with Gasteiger partial charge >= 0.3 is 7.12 Å². The number of hydrazine groups is 1. The number of fused-ring (bicyclic) bond motifs is 4. The van der Waals surface area contributed by atoms with E-state index in [9.17, 15) is 29.5 Å². The zero-order valence-electron chi connectivity index (χ0n) is 27.4. The van der Waals surface area contributed by atoms with Crippen LogP contribution >= 0.6 is 15.9 Å². The third-order valence-electron chi connectivity index (χ3n) is 11.1. The maximum Gasteiger partial charge on any atom is 0.488 e. The van der Waals surface area contributed by atoms with Crippen molar-refractivity contribution < 1.29 is 34.3 Å². The van der Waals surface area contributed by atoms with Crippen molar-refractivity contribution in [1.82, 2.24) is 5.01 Å². The number of carbonyl (C=O) groups excluding carboxylic acids is 4. The number of aryl methyl sites for hydroxylation is 1. The minimum Gasteiger partial charge on any atom is -0.508 e. The number of rotatable bonds is 6. The lowest BCUT2D eigenvalue weighted by molar-refractivity contribution is -0.138. The summed E-state index contributed by atoms with van der Waals surface area (Å²) in [6, 6.07) is 27.5. The second-order valence-electron chi connectivity index (χ2n) is 13.8. The van der Waals surface area contributed by atoms with Crippen molar-refractivity contribution in [2.75, 3.05) is 10.3 Å². The first-order valence-electron chi connectivity index (χ1n) is 16.8. The highest BCUT2D eigenvalue weighted by Gasteiger charge is 2.70. The number of anilines is 2. The Bertz CT molecular complexity index is 2140. The average molecular weight is 746 g/mol. The molecule has 0 aromatic heterocycles. The SMILES string of the molecule is Cc1ccc(NN2C(=O)C3CC4C(=CCC5C(=O)N(c6cccc(B(O)O)c6)C(=O)C54)C(c4cc(Br)ccc4O)C3(c3ccccc3)C2=O)cc1. The van der Waals surface area contributed by atoms with Crippen LogP contribution in [0.2, 0.25) is 0 Å². The van der Waals surface area contributed by atoms with Crippen molar-refractivity contribution in [3.63, 3.8) is 0 Å². The van der Waals surface area contributed by atoms with E-state index in [1.165, 1.54) is 12.1 Å². The fraction of sp³-hybridized carbons (Fsp3) is 0.231. The molecule has 0 radical (unpaired) electrons. The van der Waals surface area contributed by atoms with Gasteiger partial charge in [0.1, 0.15) is 5.75 Å². The van der Waals surface area contributed by atoms with Gasteiger partial charge < -0.3 is 15.2 Å². The fourth-order valence-corrected chi connectivity index (χ4v) is 9.31. The number of hydrogen-bond donors (Lipinski definition) is 4. The fourth-order valence-electron chi connectivity index (χ4n) is 8.93. The summed E-state index contributed by atoms with van der Waals surface area (Å²) in [6.45, 7) is 1.94. The molecule has 1 saturated carbocycles. The number of hydrogen-bond acceptors (Lipinski definition) is 8. The number of carbonyl (C=O) groups is 4. The second kappa shape index (κ2) is 12.3. The van der Waals surface area contributed by atoms with Gasteiger partial charge in [0.05, 0.1) is 34.5 Å². The Morgan fingerprint density at radius 3 is 2.31 bits per heavy atom. The molecule has 4 N–H and O–H groups in total. The summed E-state index contributed by atoms with van der Waals surface area (Å²) in [4.78, 5) is 59.6. The van der Waals surface area contributed by atoms with Gasteiger partial charge in [-0.05, 0) is 79.2 Å². The van der Waals surface area contributed by atoms with Gasteiger partial charge in [-0.15, -0.1) is 0 Å². The van der Waals surface area contributed by atoms with E-state index in [0.717, 1.165) is 15.5 Å². The van der Waals surface area contributed by atoms with Crippen LogP contribution in [0.4, 0.5) is 11.4 Å². The molecule has 10 nitrogen and oxygen atoms in total. The highest BCUT2D eigenvalue weighted by Crippen LogP contribution is 2.65. The van der Waals surface area contributed by atoms with E-state index in [0.29, 0.717) is 26.9 Å². The number of nitrogens with zero attached hydrogens (tertiary/aromatic N) is 2. The molecule has 8 rings (SSSR count). The van der Waals surface area contributed by atoms with Gasteiger partial charge in [-0.1, -0.05) is 87.7 Å². The normalized spacial score (nSPS) is 26.8. The van der Waals surface area contributed by atoms with Crippen molar-refractivity contribution in [3.05, 3.63) is 130 Å². The molecule has 12 heteroatoms. The topological polar surface area (TPSA) is 147 Å². The molecule has 4 aromatic rings. The number of aromatic hydroxyl groups is 1. The van der Waals surface area contributed by atoms with Gasteiger partial charge in [-0.25, -0.2) is 0 Å². The Labute approximate surface area is 302 Å². The Hall–Kier alpha value is -5.04. The van der Waals surface area contributed by atoms with Crippen LogP contribution in [0.15, 0.2) is 113 Å². The molecule has 2 aliphatic carbocycles. The van der Waals surface area contributed by atoms with Crippen LogP contribution in [0.5, 0.6) is 5.75 Å². The van der Waals surface area contributed by atoms with E-state index in [1.54, 1.807) is 42.5 Å². The molecule has 2 saturated heterocycles. The molecular formula is C39H33BBrN3O7. The highest BCUT2D eigenvalue weighted by atomic mass is 79.9. The number of phenolic OH excluding ortho intramolecular Hbond substituents is 1. The zero-order valence-corrected chi connectivity index (χ0v) is 29.0. The molecule has 4 aliphatic rings. The number of amides is 4.